The van der Waals surface area contributed by atoms with E-state index in [4.69, 9.17) is 5.73 Å². The van der Waals surface area contributed by atoms with E-state index >= 15 is 0 Å². The number of carbonyl (C=O) groups excluding carboxylic acids is 1. The molecule has 1 amide bonds. The quantitative estimate of drug-likeness (QED) is 0.901. The molecular weight excluding hydrogens is 245 g/mol. The average Bonchev–Trinajstić information content (AvgIpc) is 2.34. The number of amides is 1. The third kappa shape index (κ3) is 3.46. The molecule has 0 saturated heterocycles. The van der Waals surface area contributed by atoms with Crippen LogP contribution in [0.3, 0.4) is 0 Å². The van der Waals surface area contributed by atoms with Gasteiger partial charge in [0.25, 0.3) is 0 Å². The van der Waals surface area contributed by atoms with Gasteiger partial charge in [-0.3, -0.25) is 4.79 Å². The van der Waals surface area contributed by atoms with Crippen molar-refractivity contribution in [1.29, 1.82) is 0 Å². The first-order valence-corrected chi connectivity index (χ1v) is 5.57. The molecule has 0 aromatic heterocycles. The maximum Gasteiger partial charge on any atom is 0.471 e. The first kappa shape index (κ1) is 14.5. The monoisotopic (exact) mass is 260 g/mol. The molecule has 18 heavy (non-hydrogen) atoms. The summed E-state index contributed by atoms with van der Waals surface area (Å²) in [5.74, 6) is -1.89. The first-order valence-electron chi connectivity index (χ1n) is 5.57. The van der Waals surface area contributed by atoms with Gasteiger partial charge in [-0.1, -0.05) is 19.1 Å². The maximum absolute atomic E-state index is 12.4. The van der Waals surface area contributed by atoms with Gasteiger partial charge in [-0.2, -0.15) is 13.2 Å². The summed E-state index contributed by atoms with van der Waals surface area (Å²) in [4.78, 5) is 11.9. The van der Waals surface area contributed by atoms with Crippen molar-refractivity contribution in [2.24, 2.45) is 5.73 Å². The Labute approximate surface area is 103 Å². The van der Waals surface area contributed by atoms with Gasteiger partial charge in [-0.05, 0) is 24.1 Å². The summed E-state index contributed by atoms with van der Waals surface area (Å²) in [6, 6.07) is 6.39. The Kier molecular flexibility index (Phi) is 4.72. The Bertz CT molecular complexity index is 401. The van der Waals surface area contributed by atoms with Crippen LogP contribution in [0.15, 0.2) is 24.3 Å². The zero-order valence-corrected chi connectivity index (χ0v) is 10.00. The van der Waals surface area contributed by atoms with Crippen LogP contribution in [-0.4, -0.2) is 25.2 Å². The highest BCUT2D eigenvalue weighted by Gasteiger charge is 2.42. The molecule has 0 aliphatic carbocycles. The van der Waals surface area contributed by atoms with Gasteiger partial charge in [-0.25, -0.2) is 0 Å². The molecule has 0 saturated carbocycles. The molecule has 3 nitrogen and oxygen atoms in total. The van der Waals surface area contributed by atoms with E-state index in [9.17, 15) is 18.0 Å². The zero-order chi connectivity index (χ0) is 13.8. The van der Waals surface area contributed by atoms with Gasteiger partial charge < -0.3 is 10.6 Å². The lowest BCUT2D eigenvalue weighted by atomic mass is 10.1. The fourth-order valence-corrected chi connectivity index (χ4v) is 1.54. The second kappa shape index (κ2) is 5.86. The van der Waals surface area contributed by atoms with Crippen LogP contribution in [0.5, 0.6) is 0 Å². The van der Waals surface area contributed by atoms with Crippen LogP contribution in [-0.2, 0) is 11.2 Å². The van der Waals surface area contributed by atoms with Gasteiger partial charge in [0.2, 0.25) is 0 Å². The number of anilines is 1. The van der Waals surface area contributed by atoms with Crippen molar-refractivity contribution in [2.45, 2.75) is 19.5 Å². The summed E-state index contributed by atoms with van der Waals surface area (Å²) in [5.41, 5.74) is 6.44. The first-order chi connectivity index (χ1) is 8.40. The normalized spacial score (nSPS) is 11.4. The highest BCUT2D eigenvalue weighted by atomic mass is 19.4. The fraction of sp³-hybridized carbons (Fsp3) is 0.417. The molecule has 0 unspecified atom stereocenters. The van der Waals surface area contributed by atoms with Crippen LogP contribution < -0.4 is 10.6 Å². The molecule has 0 aliphatic rings. The van der Waals surface area contributed by atoms with E-state index in [2.05, 4.69) is 0 Å². The molecule has 0 fully saturated rings. The van der Waals surface area contributed by atoms with Crippen molar-refractivity contribution in [3.63, 3.8) is 0 Å². The minimum atomic E-state index is -4.89. The second-order valence-electron chi connectivity index (χ2n) is 3.76. The molecule has 1 rings (SSSR count). The molecule has 6 heteroatoms. The minimum Gasteiger partial charge on any atom is -0.329 e. The Hall–Kier alpha value is -1.56. The van der Waals surface area contributed by atoms with Crippen molar-refractivity contribution >= 4 is 11.6 Å². The zero-order valence-electron chi connectivity index (χ0n) is 10.00. The Balaban J connectivity index is 3.00. The minimum absolute atomic E-state index is 0.0304. The van der Waals surface area contributed by atoms with Gasteiger partial charge in [0.1, 0.15) is 0 Å². The molecule has 0 spiro atoms. The van der Waals surface area contributed by atoms with Crippen LogP contribution in [0.25, 0.3) is 0 Å². The number of nitrogens with two attached hydrogens (primary N) is 1. The largest absolute Gasteiger partial charge is 0.471 e. The van der Waals surface area contributed by atoms with E-state index in [0.29, 0.717) is 4.90 Å². The van der Waals surface area contributed by atoms with Gasteiger partial charge in [0, 0.05) is 18.8 Å². The van der Waals surface area contributed by atoms with E-state index in [0.717, 1.165) is 12.0 Å². The summed E-state index contributed by atoms with van der Waals surface area (Å²) in [7, 11) is 0. The summed E-state index contributed by atoms with van der Waals surface area (Å²) in [5, 5.41) is 0. The van der Waals surface area contributed by atoms with Gasteiger partial charge in [0.05, 0.1) is 0 Å². The molecule has 0 heterocycles. The highest BCUT2D eigenvalue weighted by Crippen LogP contribution is 2.23. The molecule has 100 valence electrons. The molecule has 2 N–H and O–H groups in total. The van der Waals surface area contributed by atoms with Crippen molar-refractivity contribution in [3.05, 3.63) is 29.8 Å². The van der Waals surface area contributed by atoms with Crippen molar-refractivity contribution < 1.29 is 18.0 Å². The van der Waals surface area contributed by atoms with Crippen molar-refractivity contribution in [3.8, 4) is 0 Å². The predicted octanol–water partition coefficient (Wildman–Crippen LogP) is 2.10. The summed E-state index contributed by atoms with van der Waals surface area (Å²) >= 11 is 0. The topological polar surface area (TPSA) is 46.3 Å². The molecule has 1 aromatic rings. The molecular formula is C12H15F3N2O. The lowest BCUT2D eigenvalue weighted by Crippen LogP contribution is -2.43. The van der Waals surface area contributed by atoms with E-state index in [1.54, 1.807) is 12.1 Å². The SMILES string of the molecule is CCc1ccc(N(CCN)C(=O)C(F)(F)F)cc1. The van der Waals surface area contributed by atoms with E-state index in [1.165, 1.54) is 12.1 Å². The van der Waals surface area contributed by atoms with Crippen LogP contribution in [0.2, 0.25) is 0 Å². The van der Waals surface area contributed by atoms with Gasteiger partial charge in [0.15, 0.2) is 0 Å². The van der Waals surface area contributed by atoms with Crippen molar-refractivity contribution in [1.82, 2.24) is 0 Å². The Morgan fingerprint density at radius 1 is 1.28 bits per heavy atom. The van der Waals surface area contributed by atoms with Crippen LogP contribution >= 0.6 is 0 Å². The van der Waals surface area contributed by atoms with Crippen molar-refractivity contribution in [2.75, 3.05) is 18.0 Å². The number of nitrogens with zero attached hydrogens (tertiary/aromatic N) is 1. The number of hydrogen-bond donors (Lipinski definition) is 1. The summed E-state index contributed by atoms with van der Waals surface area (Å²) in [6.07, 6.45) is -4.11. The smallest absolute Gasteiger partial charge is 0.329 e. The maximum atomic E-state index is 12.4. The number of carbonyl (C=O) groups is 1. The van der Waals surface area contributed by atoms with Crippen LogP contribution in [0, 0.1) is 0 Å². The molecule has 0 aliphatic heterocycles. The Morgan fingerprint density at radius 2 is 1.83 bits per heavy atom. The fourth-order valence-electron chi connectivity index (χ4n) is 1.54. The number of halogens is 3. The van der Waals surface area contributed by atoms with E-state index in [1.807, 2.05) is 6.92 Å². The number of rotatable bonds is 4. The number of alkyl halides is 3. The van der Waals surface area contributed by atoms with Gasteiger partial charge >= 0.3 is 12.1 Å². The number of aryl methyl sites for hydroxylation is 1. The lowest BCUT2D eigenvalue weighted by molar-refractivity contribution is -0.170. The predicted molar refractivity (Wildman–Crippen MR) is 63.3 cm³/mol. The standard InChI is InChI=1S/C12H15F3N2O/c1-2-9-3-5-10(6-4-9)17(8-7-16)11(18)12(13,14)15/h3-6H,2,7-8,16H2,1H3. The highest BCUT2D eigenvalue weighted by molar-refractivity contribution is 5.97. The molecule has 1 aromatic carbocycles. The second-order valence-corrected chi connectivity index (χ2v) is 3.76. The average molecular weight is 260 g/mol. The van der Waals surface area contributed by atoms with Crippen LogP contribution in [0.1, 0.15) is 12.5 Å². The third-order valence-corrected chi connectivity index (χ3v) is 2.50. The van der Waals surface area contributed by atoms with Crippen LogP contribution in [0.4, 0.5) is 18.9 Å². The van der Waals surface area contributed by atoms with E-state index in [-0.39, 0.29) is 18.8 Å². The number of benzene rings is 1. The lowest BCUT2D eigenvalue weighted by Gasteiger charge is -2.23. The Morgan fingerprint density at radius 3 is 2.22 bits per heavy atom. The third-order valence-electron chi connectivity index (χ3n) is 2.50. The molecule has 0 atom stereocenters. The van der Waals surface area contributed by atoms with E-state index < -0.39 is 12.1 Å². The summed E-state index contributed by atoms with van der Waals surface area (Å²) < 4.78 is 37.3. The molecule has 0 bridgehead atoms. The van der Waals surface area contributed by atoms with Gasteiger partial charge in [-0.15, -0.1) is 0 Å². The summed E-state index contributed by atoms with van der Waals surface area (Å²) in [6.45, 7) is 1.74. The number of hydrogen-bond acceptors (Lipinski definition) is 2. The molecule has 0 radical (unpaired) electrons.